The zero-order chi connectivity index (χ0) is 15.6. The number of hydrogen-bond donors (Lipinski definition) is 1. The molecule has 21 heavy (non-hydrogen) atoms. The highest BCUT2D eigenvalue weighted by atomic mass is 79.9. The smallest absolute Gasteiger partial charge is 0.0582 e. The Morgan fingerprint density at radius 2 is 1.67 bits per heavy atom. The average Bonchev–Trinajstić information content (AvgIpc) is 2.35. The van der Waals surface area contributed by atoms with Crippen LogP contribution in [0.5, 0.6) is 0 Å². The molecule has 0 aliphatic heterocycles. The molecular formula is C18H21BrClN. The normalized spacial score (nSPS) is 12.5. The summed E-state index contributed by atoms with van der Waals surface area (Å²) in [5.74, 6) is 0. The number of benzene rings is 2. The Hall–Kier alpha value is -0.830. The van der Waals surface area contributed by atoms with Gasteiger partial charge >= 0.3 is 0 Å². The molecule has 0 aliphatic rings. The SMILES string of the molecule is CCNC(c1cc(Cl)cc(Br)c1)c1c(C)cc(C)cc1C. The van der Waals surface area contributed by atoms with Gasteiger partial charge in [0.05, 0.1) is 6.04 Å². The van der Waals surface area contributed by atoms with Gasteiger partial charge in [-0.15, -0.1) is 0 Å². The first-order valence-corrected chi connectivity index (χ1v) is 8.36. The van der Waals surface area contributed by atoms with Crippen molar-refractivity contribution in [3.05, 3.63) is 67.6 Å². The Labute approximate surface area is 140 Å². The topological polar surface area (TPSA) is 12.0 Å². The minimum absolute atomic E-state index is 0.158. The van der Waals surface area contributed by atoms with Crippen molar-refractivity contribution in [1.29, 1.82) is 0 Å². The van der Waals surface area contributed by atoms with E-state index < -0.39 is 0 Å². The number of aryl methyl sites for hydroxylation is 3. The van der Waals surface area contributed by atoms with Crippen molar-refractivity contribution in [3.8, 4) is 0 Å². The number of hydrogen-bond acceptors (Lipinski definition) is 1. The first kappa shape index (κ1) is 16.5. The molecule has 1 N–H and O–H groups in total. The second-order valence-corrected chi connectivity index (χ2v) is 6.86. The van der Waals surface area contributed by atoms with Gasteiger partial charge in [0.1, 0.15) is 0 Å². The summed E-state index contributed by atoms with van der Waals surface area (Å²) in [6.07, 6.45) is 0. The van der Waals surface area contributed by atoms with Crippen LogP contribution >= 0.6 is 27.5 Å². The van der Waals surface area contributed by atoms with Crippen LogP contribution in [0, 0.1) is 20.8 Å². The summed E-state index contributed by atoms with van der Waals surface area (Å²) in [7, 11) is 0. The summed E-state index contributed by atoms with van der Waals surface area (Å²) in [6, 6.07) is 10.7. The molecule has 0 heterocycles. The van der Waals surface area contributed by atoms with Crippen LogP contribution in [0.4, 0.5) is 0 Å². The Bertz CT molecular complexity index is 608. The molecule has 0 radical (unpaired) electrons. The van der Waals surface area contributed by atoms with Gasteiger partial charge in [-0.25, -0.2) is 0 Å². The highest BCUT2D eigenvalue weighted by Gasteiger charge is 2.18. The molecule has 1 nitrogen and oxygen atoms in total. The van der Waals surface area contributed by atoms with Gasteiger partial charge in [0.15, 0.2) is 0 Å². The van der Waals surface area contributed by atoms with Crippen LogP contribution < -0.4 is 5.32 Å². The van der Waals surface area contributed by atoms with Crippen molar-refractivity contribution in [2.75, 3.05) is 6.54 Å². The van der Waals surface area contributed by atoms with Crippen molar-refractivity contribution >= 4 is 27.5 Å². The van der Waals surface area contributed by atoms with Crippen molar-refractivity contribution in [3.63, 3.8) is 0 Å². The van der Waals surface area contributed by atoms with Gasteiger partial charge in [-0.2, -0.15) is 0 Å². The monoisotopic (exact) mass is 365 g/mol. The van der Waals surface area contributed by atoms with Gasteiger partial charge in [-0.05, 0) is 67.8 Å². The van der Waals surface area contributed by atoms with E-state index in [0.29, 0.717) is 0 Å². The molecule has 0 aliphatic carbocycles. The molecule has 2 rings (SSSR count). The first-order chi connectivity index (χ1) is 9.92. The van der Waals surface area contributed by atoms with Crippen LogP contribution in [0.3, 0.4) is 0 Å². The van der Waals surface area contributed by atoms with E-state index >= 15 is 0 Å². The Morgan fingerprint density at radius 1 is 1.05 bits per heavy atom. The van der Waals surface area contributed by atoms with Crippen LogP contribution in [0.25, 0.3) is 0 Å². The van der Waals surface area contributed by atoms with Gasteiger partial charge < -0.3 is 5.32 Å². The molecular weight excluding hydrogens is 346 g/mol. The molecule has 2 aromatic carbocycles. The summed E-state index contributed by atoms with van der Waals surface area (Å²) < 4.78 is 1.01. The summed E-state index contributed by atoms with van der Waals surface area (Å²) in [6.45, 7) is 9.54. The lowest BCUT2D eigenvalue weighted by atomic mass is 9.90. The summed E-state index contributed by atoms with van der Waals surface area (Å²) >= 11 is 9.77. The van der Waals surface area contributed by atoms with Gasteiger partial charge in [0.25, 0.3) is 0 Å². The highest BCUT2D eigenvalue weighted by molar-refractivity contribution is 9.10. The predicted octanol–water partition coefficient (Wildman–Crippen LogP) is 5.73. The van der Waals surface area contributed by atoms with Gasteiger partial charge in [0.2, 0.25) is 0 Å². The summed E-state index contributed by atoms with van der Waals surface area (Å²) in [4.78, 5) is 0. The second-order valence-electron chi connectivity index (χ2n) is 5.51. The standard InChI is InChI=1S/C18H21BrClN/c1-5-21-18(14-8-15(19)10-16(20)9-14)17-12(3)6-11(2)7-13(17)4/h6-10,18,21H,5H2,1-4H3. The van der Waals surface area contributed by atoms with Crippen LogP contribution in [-0.4, -0.2) is 6.54 Å². The summed E-state index contributed by atoms with van der Waals surface area (Å²) in [5, 5.41) is 4.35. The molecule has 0 aromatic heterocycles. The first-order valence-electron chi connectivity index (χ1n) is 7.19. The van der Waals surface area contributed by atoms with Gasteiger partial charge in [-0.3, -0.25) is 0 Å². The van der Waals surface area contributed by atoms with Crippen molar-refractivity contribution < 1.29 is 0 Å². The molecule has 3 heteroatoms. The Kier molecular flexibility index (Phi) is 5.48. The molecule has 1 unspecified atom stereocenters. The largest absolute Gasteiger partial charge is 0.307 e. The zero-order valence-electron chi connectivity index (χ0n) is 12.9. The molecule has 2 aromatic rings. The number of halogens is 2. The van der Waals surface area contributed by atoms with E-state index in [2.05, 4.69) is 67.1 Å². The van der Waals surface area contributed by atoms with Crippen molar-refractivity contribution in [1.82, 2.24) is 5.32 Å². The van der Waals surface area contributed by atoms with Crippen molar-refractivity contribution in [2.45, 2.75) is 33.7 Å². The lowest BCUT2D eigenvalue weighted by Crippen LogP contribution is -2.23. The van der Waals surface area contributed by atoms with Crippen LogP contribution in [0.1, 0.15) is 40.8 Å². The maximum Gasteiger partial charge on any atom is 0.0582 e. The van der Waals surface area contributed by atoms with E-state index in [0.717, 1.165) is 16.0 Å². The Morgan fingerprint density at radius 3 is 2.19 bits per heavy atom. The molecule has 0 amide bonds. The predicted molar refractivity (Wildman–Crippen MR) is 95.3 cm³/mol. The van der Waals surface area contributed by atoms with E-state index in [1.807, 2.05) is 12.1 Å². The fraction of sp³-hybridized carbons (Fsp3) is 0.333. The minimum Gasteiger partial charge on any atom is -0.307 e. The number of rotatable bonds is 4. The van der Waals surface area contributed by atoms with Gasteiger partial charge in [0, 0.05) is 9.50 Å². The molecule has 0 spiro atoms. The van der Waals surface area contributed by atoms with Crippen LogP contribution in [-0.2, 0) is 0 Å². The average molecular weight is 367 g/mol. The highest BCUT2D eigenvalue weighted by Crippen LogP contribution is 2.32. The Balaban J connectivity index is 2.58. The maximum absolute atomic E-state index is 6.23. The van der Waals surface area contributed by atoms with Gasteiger partial charge in [-0.1, -0.05) is 52.2 Å². The third-order valence-electron chi connectivity index (χ3n) is 3.65. The molecule has 0 saturated carbocycles. The summed E-state index contributed by atoms with van der Waals surface area (Å²) in [5.41, 5.74) is 6.46. The number of nitrogens with one attached hydrogen (secondary N) is 1. The third-order valence-corrected chi connectivity index (χ3v) is 4.33. The fourth-order valence-electron chi connectivity index (χ4n) is 2.98. The van der Waals surface area contributed by atoms with E-state index in [1.54, 1.807) is 0 Å². The lowest BCUT2D eigenvalue weighted by molar-refractivity contribution is 0.624. The van der Waals surface area contributed by atoms with Crippen molar-refractivity contribution in [2.24, 2.45) is 0 Å². The lowest BCUT2D eigenvalue weighted by Gasteiger charge is -2.24. The van der Waals surface area contributed by atoms with E-state index in [-0.39, 0.29) is 6.04 Å². The zero-order valence-corrected chi connectivity index (χ0v) is 15.3. The quantitative estimate of drug-likeness (QED) is 0.729. The molecule has 0 saturated heterocycles. The fourth-order valence-corrected chi connectivity index (χ4v) is 3.87. The maximum atomic E-state index is 6.23. The second kappa shape index (κ2) is 6.95. The molecule has 0 fully saturated rings. The minimum atomic E-state index is 0.158. The third kappa shape index (κ3) is 3.88. The van der Waals surface area contributed by atoms with E-state index in [9.17, 15) is 0 Å². The van der Waals surface area contributed by atoms with E-state index in [1.165, 1.54) is 27.8 Å². The molecule has 112 valence electrons. The molecule has 1 atom stereocenters. The van der Waals surface area contributed by atoms with Crippen LogP contribution in [0.15, 0.2) is 34.8 Å². The van der Waals surface area contributed by atoms with Crippen LogP contribution in [0.2, 0.25) is 5.02 Å². The molecule has 0 bridgehead atoms. The van der Waals surface area contributed by atoms with E-state index in [4.69, 9.17) is 11.6 Å².